The normalized spacial score (nSPS) is 17.0. The van der Waals surface area contributed by atoms with Crippen molar-refractivity contribution in [1.82, 2.24) is 10.5 Å². The first-order chi connectivity index (χ1) is 10.6. The van der Waals surface area contributed by atoms with E-state index in [-0.39, 0.29) is 17.3 Å². The molecule has 3 rings (SSSR count). The number of carbonyl (C=O) groups is 1. The molecule has 1 saturated carbocycles. The van der Waals surface area contributed by atoms with Crippen molar-refractivity contribution in [3.05, 3.63) is 42.2 Å². The number of hydrogen-bond acceptors (Lipinski definition) is 4. The maximum absolute atomic E-state index is 12.2. The lowest BCUT2D eigenvalue weighted by molar-refractivity contribution is -0.0114. The molecule has 1 aliphatic rings. The van der Waals surface area contributed by atoms with Gasteiger partial charge in [-0.05, 0) is 25.7 Å². The van der Waals surface area contributed by atoms with Gasteiger partial charge in [0.05, 0.1) is 5.60 Å². The Kier molecular flexibility index (Phi) is 3.98. The summed E-state index contributed by atoms with van der Waals surface area (Å²) in [5.41, 5.74) is 1.27. The summed E-state index contributed by atoms with van der Waals surface area (Å²) in [6, 6.07) is 11.3. The molecule has 5 heteroatoms. The van der Waals surface area contributed by atoms with Crippen LogP contribution in [0.2, 0.25) is 0 Å². The van der Waals surface area contributed by atoms with Gasteiger partial charge in [-0.15, -0.1) is 0 Å². The van der Waals surface area contributed by atoms with Gasteiger partial charge in [-0.25, -0.2) is 0 Å². The zero-order valence-electron chi connectivity index (χ0n) is 12.8. The number of benzene rings is 1. The van der Waals surface area contributed by atoms with Crippen LogP contribution < -0.4 is 5.32 Å². The summed E-state index contributed by atoms with van der Waals surface area (Å²) in [6.45, 7) is 2.50. The molecule has 1 amide bonds. The standard InChI is InChI=1S/C17H20N2O3/c1-17(21-2,13-8-9-13)11-18-16(20)15-10-14(19-22-15)12-6-4-3-5-7-12/h3-7,10,13H,8-9,11H2,1-2H3,(H,18,20). The predicted octanol–water partition coefficient (Wildman–Crippen LogP) is 2.89. The Labute approximate surface area is 129 Å². The quantitative estimate of drug-likeness (QED) is 0.891. The topological polar surface area (TPSA) is 64.4 Å². The minimum absolute atomic E-state index is 0.216. The van der Waals surface area contributed by atoms with E-state index in [1.54, 1.807) is 13.2 Å². The Balaban J connectivity index is 1.65. The minimum Gasteiger partial charge on any atom is -0.376 e. The van der Waals surface area contributed by atoms with Crippen molar-refractivity contribution in [2.24, 2.45) is 5.92 Å². The van der Waals surface area contributed by atoms with Gasteiger partial charge >= 0.3 is 0 Å². The molecule has 0 aliphatic heterocycles. The highest BCUT2D eigenvalue weighted by Gasteiger charge is 2.42. The third-order valence-corrected chi connectivity index (χ3v) is 4.31. The molecule has 0 saturated heterocycles. The first kappa shape index (κ1) is 14.8. The summed E-state index contributed by atoms with van der Waals surface area (Å²) in [5, 5.41) is 6.83. The Hall–Kier alpha value is -2.14. The molecule has 2 aromatic rings. The molecule has 1 aromatic heterocycles. The third kappa shape index (κ3) is 3.04. The molecule has 1 unspecified atom stereocenters. The van der Waals surface area contributed by atoms with E-state index in [1.807, 2.05) is 37.3 Å². The Morgan fingerprint density at radius 1 is 1.41 bits per heavy atom. The van der Waals surface area contributed by atoms with E-state index in [0.717, 1.165) is 18.4 Å². The number of rotatable bonds is 6. The van der Waals surface area contributed by atoms with Crippen LogP contribution in [0.15, 0.2) is 40.9 Å². The second-order valence-electron chi connectivity index (χ2n) is 5.92. The maximum atomic E-state index is 12.2. The number of nitrogens with one attached hydrogen (secondary N) is 1. The number of aromatic nitrogens is 1. The second kappa shape index (κ2) is 5.93. The molecule has 22 heavy (non-hydrogen) atoms. The van der Waals surface area contributed by atoms with Gasteiger partial charge < -0.3 is 14.6 Å². The fourth-order valence-corrected chi connectivity index (χ4v) is 2.55. The fraction of sp³-hybridized carbons (Fsp3) is 0.412. The lowest BCUT2D eigenvalue weighted by Gasteiger charge is -2.28. The number of nitrogens with zero attached hydrogens (tertiary/aromatic N) is 1. The van der Waals surface area contributed by atoms with Crippen molar-refractivity contribution in [1.29, 1.82) is 0 Å². The molecule has 1 N–H and O–H groups in total. The molecule has 1 heterocycles. The molecule has 0 radical (unpaired) electrons. The molecule has 1 atom stereocenters. The maximum Gasteiger partial charge on any atom is 0.290 e. The van der Waals surface area contributed by atoms with E-state index in [9.17, 15) is 4.79 Å². The highest BCUT2D eigenvalue weighted by atomic mass is 16.5. The van der Waals surface area contributed by atoms with Gasteiger partial charge in [-0.3, -0.25) is 4.79 Å². The average molecular weight is 300 g/mol. The average Bonchev–Trinajstić information content (AvgIpc) is 3.31. The zero-order valence-corrected chi connectivity index (χ0v) is 12.8. The fourth-order valence-electron chi connectivity index (χ4n) is 2.55. The molecule has 1 aliphatic carbocycles. The van der Waals surface area contributed by atoms with Gasteiger partial charge in [0, 0.05) is 25.3 Å². The van der Waals surface area contributed by atoms with Crippen LogP contribution in [-0.2, 0) is 4.74 Å². The molecule has 5 nitrogen and oxygen atoms in total. The van der Waals surface area contributed by atoms with Crippen LogP contribution in [0.5, 0.6) is 0 Å². The van der Waals surface area contributed by atoms with E-state index in [2.05, 4.69) is 10.5 Å². The summed E-state index contributed by atoms with van der Waals surface area (Å²) in [7, 11) is 1.69. The van der Waals surface area contributed by atoms with Crippen molar-refractivity contribution in [3.8, 4) is 11.3 Å². The summed E-state index contributed by atoms with van der Waals surface area (Å²) in [5.74, 6) is 0.471. The molecule has 1 fully saturated rings. The summed E-state index contributed by atoms with van der Waals surface area (Å²) in [6.07, 6.45) is 2.31. The number of amides is 1. The van der Waals surface area contributed by atoms with Crippen LogP contribution in [0, 0.1) is 5.92 Å². The van der Waals surface area contributed by atoms with E-state index >= 15 is 0 Å². The summed E-state index contributed by atoms with van der Waals surface area (Å²) < 4.78 is 10.7. The molecule has 0 spiro atoms. The second-order valence-corrected chi connectivity index (χ2v) is 5.92. The van der Waals surface area contributed by atoms with Gasteiger partial charge in [-0.2, -0.15) is 0 Å². The Morgan fingerprint density at radius 3 is 2.77 bits per heavy atom. The number of carbonyl (C=O) groups excluding carboxylic acids is 1. The molecule has 116 valence electrons. The first-order valence-corrected chi connectivity index (χ1v) is 7.48. The van der Waals surface area contributed by atoms with Crippen LogP contribution in [0.3, 0.4) is 0 Å². The lowest BCUT2D eigenvalue weighted by atomic mass is 10.0. The lowest BCUT2D eigenvalue weighted by Crippen LogP contribution is -2.43. The van der Waals surface area contributed by atoms with Crippen LogP contribution in [0.1, 0.15) is 30.3 Å². The molecule has 0 bridgehead atoms. The van der Waals surface area contributed by atoms with Crippen molar-refractivity contribution >= 4 is 5.91 Å². The minimum atomic E-state index is -0.308. The SMILES string of the molecule is COC(C)(CNC(=O)c1cc(-c2ccccc2)no1)C1CC1. The van der Waals surface area contributed by atoms with Crippen LogP contribution in [-0.4, -0.2) is 30.3 Å². The smallest absolute Gasteiger partial charge is 0.290 e. The zero-order chi connectivity index (χ0) is 15.6. The predicted molar refractivity (Wildman–Crippen MR) is 82.4 cm³/mol. The summed E-state index contributed by atoms with van der Waals surface area (Å²) >= 11 is 0. The van der Waals surface area contributed by atoms with Gasteiger partial charge in [0.2, 0.25) is 5.76 Å². The largest absolute Gasteiger partial charge is 0.376 e. The highest BCUT2D eigenvalue weighted by molar-refractivity contribution is 5.92. The number of ether oxygens (including phenoxy) is 1. The highest BCUT2D eigenvalue weighted by Crippen LogP contribution is 2.41. The molecular formula is C17H20N2O3. The van der Waals surface area contributed by atoms with E-state index in [1.165, 1.54) is 0 Å². The monoisotopic (exact) mass is 300 g/mol. The van der Waals surface area contributed by atoms with Gasteiger partial charge in [-0.1, -0.05) is 35.5 Å². The number of hydrogen-bond donors (Lipinski definition) is 1. The van der Waals surface area contributed by atoms with E-state index in [0.29, 0.717) is 18.2 Å². The summed E-state index contributed by atoms with van der Waals surface area (Å²) in [4.78, 5) is 12.2. The molecule has 1 aromatic carbocycles. The van der Waals surface area contributed by atoms with Gasteiger partial charge in [0.1, 0.15) is 5.69 Å². The third-order valence-electron chi connectivity index (χ3n) is 4.31. The molecular weight excluding hydrogens is 280 g/mol. The Morgan fingerprint density at radius 2 is 2.14 bits per heavy atom. The Bertz CT molecular complexity index is 649. The van der Waals surface area contributed by atoms with Crippen molar-refractivity contribution in [2.45, 2.75) is 25.4 Å². The van der Waals surface area contributed by atoms with Gasteiger partial charge in [0.25, 0.3) is 5.91 Å². The van der Waals surface area contributed by atoms with E-state index < -0.39 is 0 Å². The van der Waals surface area contributed by atoms with Crippen molar-refractivity contribution in [3.63, 3.8) is 0 Å². The van der Waals surface area contributed by atoms with E-state index in [4.69, 9.17) is 9.26 Å². The van der Waals surface area contributed by atoms with Crippen molar-refractivity contribution < 1.29 is 14.1 Å². The number of methoxy groups -OCH3 is 1. The van der Waals surface area contributed by atoms with Crippen LogP contribution >= 0.6 is 0 Å². The van der Waals surface area contributed by atoms with Crippen LogP contribution in [0.4, 0.5) is 0 Å². The van der Waals surface area contributed by atoms with Crippen molar-refractivity contribution in [2.75, 3.05) is 13.7 Å². The van der Waals surface area contributed by atoms with Crippen LogP contribution in [0.25, 0.3) is 11.3 Å². The van der Waals surface area contributed by atoms with Gasteiger partial charge in [0.15, 0.2) is 0 Å². The first-order valence-electron chi connectivity index (χ1n) is 7.48.